The van der Waals surface area contributed by atoms with Crippen LogP contribution in [0.1, 0.15) is 34.3 Å². The maximum absolute atomic E-state index is 13.6. The minimum Gasteiger partial charge on any atom is -0.496 e. The molecule has 23 heavy (non-hydrogen) atoms. The van der Waals surface area contributed by atoms with Gasteiger partial charge in [-0.05, 0) is 43.5 Å². The second-order valence-corrected chi connectivity index (χ2v) is 5.99. The number of nitrogens with zero attached hydrogens (tertiary/aromatic N) is 1. The number of hydrogen-bond donors (Lipinski definition) is 0. The Labute approximate surface area is 135 Å². The van der Waals surface area contributed by atoms with Crippen molar-refractivity contribution in [3.05, 3.63) is 65.0 Å². The second kappa shape index (κ2) is 6.41. The molecule has 0 heterocycles. The van der Waals surface area contributed by atoms with Gasteiger partial charge in [0.05, 0.1) is 12.7 Å². The van der Waals surface area contributed by atoms with Gasteiger partial charge < -0.3 is 9.64 Å². The fourth-order valence-corrected chi connectivity index (χ4v) is 2.65. The van der Waals surface area contributed by atoms with Crippen LogP contribution in [-0.2, 0) is 6.54 Å². The molecule has 2 aromatic rings. The summed E-state index contributed by atoms with van der Waals surface area (Å²) in [4.78, 5) is 14.7. The first-order valence-electron chi connectivity index (χ1n) is 7.78. The van der Waals surface area contributed by atoms with E-state index in [2.05, 4.69) is 0 Å². The highest BCUT2D eigenvalue weighted by Crippen LogP contribution is 2.32. The SMILES string of the molecule is COc1ccc(F)cc1C(=O)N(Cc1ccc(C)cc1)C1CC1. The predicted octanol–water partition coefficient (Wildman–Crippen LogP) is 3.95. The Morgan fingerprint density at radius 3 is 2.52 bits per heavy atom. The minimum absolute atomic E-state index is 0.176. The molecule has 3 nitrogen and oxygen atoms in total. The van der Waals surface area contributed by atoms with Crippen LogP contribution in [0, 0.1) is 12.7 Å². The number of aryl methyl sites for hydroxylation is 1. The fraction of sp³-hybridized carbons (Fsp3) is 0.316. The van der Waals surface area contributed by atoms with Gasteiger partial charge in [-0.3, -0.25) is 4.79 Å². The van der Waals surface area contributed by atoms with Gasteiger partial charge in [-0.1, -0.05) is 29.8 Å². The summed E-state index contributed by atoms with van der Waals surface area (Å²) < 4.78 is 18.8. The van der Waals surface area contributed by atoms with Crippen molar-refractivity contribution in [3.8, 4) is 5.75 Å². The quantitative estimate of drug-likeness (QED) is 0.836. The normalized spacial score (nSPS) is 13.7. The highest BCUT2D eigenvalue weighted by Gasteiger charge is 2.34. The van der Waals surface area contributed by atoms with Gasteiger partial charge in [-0.15, -0.1) is 0 Å². The monoisotopic (exact) mass is 313 g/mol. The molecule has 1 aliphatic carbocycles. The van der Waals surface area contributed by atoms with E-state index in [-0.39, 0.29) is 17.5 Å². The van der Waals surface area contributed by atoms with E-state index in [0.29, 0.717) is 12.3 Å². The third-order valence-electron chi connectivity index (χ3n) is 4.11. The van der Waals surface area contributed by atoms with Gasteiger partial charge >= 0.3 is 0 Å². The summed E-state index contributed by atoms with van der Waals surface area (Å²) in [6.45, 7) is 2.56. The number of hydrogen-bond acceptors (Lipinski definition) is 2. The third-order valence-corrected chi connectivity index (χ3v) is 4.11. The topological polar surface area (TPSA) is 29.5 Å². The zero-order valence-electron chi connectivity index (χ0n) is 13.4. The molecule has 0 bridgehead atoms. The van der Waals surface area contributed by atoms with E-state index in [1.54, 1.807) is 0 Å². The van der Waals surface area contributed by atoms with Crippen molar-refractivity contribution in [1.29, 1.82) is 0 Å². The van der Waals surface area contributed by atoms with Crippen molar-refractivity contribution in [3.63, 3.8) is 0 Å². The van der Waals surface area contributed by atoms with E-state index in [1.165, 1.54) is 30.9 Å². The number of rotatable bonds is 5. The Bertz CT molecular complexity index is 708. The molecular weight excluding hydrogens is 293 g/mol. The summed E-state index contributed by atoms with van der Waals surface area (Å²) in [6.07, 6.45) is 1.99. The lowest BCUT2D eigenvalue weighted by molar-refractivity contribution is 0.0726. The molecule has 1 aliphatic rings. The molecule has 0 unspecified atom stereocenters. The van der Waals surface area contributed by atoms with Crippen LogP contribution in [0.4, 0.5) is 4.39 Å². The molecule has 0 aromatic heterocycles. The number of halogens is 1. The predicted molar refractivity (Wildman–Crippen MR) is 87.0 cm³/mol. The maximum Gasteiger partial charge on any atom is 0.258 e. The van der Waals surface area contributed by atoms with Crippen LogP contribution >= 0.6 is 0 Å². The van der Waals surface area contributed by atoms with Gasteiger partial charge in [0.25, 0.3) is 5.91 Å². The molecule has 0 spiro atoms. The second-order valence-electron chi connectivity index (χ2n) is 5.99. The number of amides is 1. The third kappa shape index (κ3) is 3.52. The molecule has 3 rings (SSSR count). The molecule has 1 fully saturated rings. The first-order chi connectivity index (χ1) is 11.1. The number of carbonyl (C=O) groups excluding carboxylic acids is 1. The first-order valence-corrected chi connectivity index (χ1v) is 7.78. The van der Waals surface area contributed by atoms with Crippen LogP contribution in [0.25, 0.3) is 0 Å². The smallest absolute Gasteiger partial charge is 0.258 e. The highest BCUT2D eigenvalue weighted by atomic mass is 19.1. The number of methoxy groups -OCH3 is 1. The van der Waals surface area contributed by atoms with Gasteiger partial charge in [0, 0.05) is 12.6 Å². The maximum atomic E-state index is 13.6. The minimum atomic E-state index is -0.430. The largest absolute Gasteiger partial charge is 0.496 e. The molecule has 0 aliphatic heterocycles. The lowest BCUT2D eigenvalue weighted by Crippen LogP contribution is -2.33. The Morgan fingerprint density at radius 1 is 1.22 bits per heavy atom. The Kier molecular flexibility index (Phi) is 4.33. The lowest BCUT2D eigenvalue weighted by atomic mass is 10.1. The van der Waals surface area contributed by atoms with E-state index < -0.39 is 5.82 Å². The number of carbonyl (C=O) groups is 1. The van der Waals surface area contributed by atoms with Crippen molar-refractivity contribution in [2.45, 2.75) is 32.4 Å². The Hall–Kier alpha value is -2.36. The summed E-state index contributed by atoms with van der Waals surface area (Å²) in [5.74, 6) is -0.199. The summed E-state index contributed by atoms with van der Waals surface area (Å²) >= 11 is 0. The molecule has 4 heteroatoms. The summed E-state index contributed by atoms with van der Waals surface area (Å²) in [5.41, 5.74) is 2.54. The van der Waals surface area contributed by atoms with E-state index in [0.717, 1.165) is 18.4 Å². The Balaban J connectivity index is 1.87. The van der Waals surface area contributed by atoms with E-state index in [1.807, 2.05) is 36.1 Å². The molecule has 0 atom stereocenters. The van der Waals surface area contributed by atoms with Crippen LogP contribution in [0.5, 0.6) is 5.75 Å². The molecule has 1 saturated carbocycles. The van der Waals surface area contributed by atoms with E-state index in [9.17, 15) is 9.18 Å². The fourth-order valence-electron chi connectivity index (χ4n) is 2.65. The van der Waals surface area contributed by atoms with Gasteiger partial charge in [0.1, 0.15) is 11.6 Å². The average molecular weight is 313 g/mol. The van der Waals surface area contributed by atoms with Crippen LogP contribution in [0.3, 0.4) is 0 Å². The summed E-state index contributed by atoms with van der Waals surface area (Å²) in [7, 11) is 1.49. The average Bonchev–Trinajstić information content (AvgIpc) is 3.38. The molecule has 0 radical (unpaired) electrons. The van der Waals surface area contributed by atoms with Crippen LogP contribution in [0.2, 0.25) is 0 Å². The molecule has 120 valence electrons. The van der Waals surface area contributed by atoms with Crippen molar-refractivity contribution < 1.29 is 13.9 Å². The van der Waals surface area contributed by atoms with Crippen LogP contribution in [0.15, 0.2) is 42.5 Å². The van der Waals surface area contributed by atoms with Gasteiger partial charge in [0.15, 0.2) is 0 Å². The number of ether oxygens (including phenoxy) is 1. The van der Waals surface area contributed by atoms with Gasteiger partial charge in [-0.25, -0.2) is 4.39 Å². The summed E-state index contributed by atoms with van der Waals surface area (Å²) in [6, 6.07) is 12.4. The van der Waals surface area contributed by atoms with Crippen molar-refractivity contribution in [2.75, 3.05) is 7.11 Å². The van der Waals surface area contributed by atoms with Crippen LogP contribution < -0.4 is 4.74 Å². The zero-order valence-corrected chi connectivity index (χ0v) is 13.4. The molecular formula is C19H20FNO2. The standard InChI is InChI=1S/C19H20FNO2/c1-13-3-5-14(6-4-13)12-21(16-8-9-16)19(22)17-11-15(20)7-10-18(17)23-2/h3-7,10-11,16H,8-9,12H2,1-2H3. The van der Waals surface area contributed by atoms with Crippen LogP contribution in [-0.4, -0.2) is 24.0 Å². The Morgan fingerprint density at radius 2 is 1.91 bits per heavy atom. The van der Waals surface area contributed by atoms with Crippen molar-refractivity contribution in [1.82, 2.24) is 4.90 Å². The van der Waals surface area contributed by atoms with Gasteiger partial charge in [0.2, 0.25) is 0 Å². The van der Waals surface area contributed by atoms with E-state index in [4.69, 9.17) is 4.74 Å². The molecule has 0 N–H and O–H groups in total. The zero-order chi connectivity index (χ0) is 16.4. The lowest BCUT2D eigenvalue weighted by Gasteiger charge is -2.23. The molecule has 2 aromatic carbocycles. The van der Waals surface area contributed by atoms with Crippen molar-refractivity contribution >= 4 is 5.91 Å². The molecule has 1 amide bonds. The highest BCUT2D eigenvalue weighted by molar-refractivity contribution is 5.97. The molecule has 0 saturated heterocycles. The van der Waals surface area contributed by atoms with Crippen molar-refractivity contribution in [2.24, 2.45) is 0 Å². The first kappa shape index (κ1) is 15.5. The number of benzene rings is 2. The summed E-state index contributed by atoms with van der Waals surface area (Å²) in [5, 5.41) is 0. The van der Waals surface area contributed by atoms with E-state index >= 15 is 0 Å². The van der Waals surface area contributed by atoms with Gasteiger partial charge in [-0.2, -0.15) is 0 Å².